The minimum Gasteiger partial charge on any atom is -0.484 e. The van der Waals surface area contributed by atoms with Gasteiger partial charge in [0, 0.05) is 29.0 Å². The van der Waals surface area contributed by atoms with E-state index in [1.54, 1.807) is 0 Å². The van der Waals surface area contributed by atoms with E-state index in [2.05, 4.69) is 218 Å². The molecule has 2 nitrogen and oxygen atoms in total. The lowest BCUT2D eigenvalue weighted by molar-refractivity contribution is 0.271. The van der Waals surface area contributed by atoms with Crippen molar-refractivity contribution in [1.29, 1.82) is 0 Å². The van der Waals surface area contributed by atoms with E-state index in [0.29, 0.717) is 0 Å². The van der Waals surface area contributed by atoms with Gasteiger partial charge in [0.2, 0.25) is 0 Å². The summed E-state index contributed by atoms with van der Waals surface area (Å²) in [5.74, 6) is 2.15. The van der Waals surface area contributed by atoms with Crippen molar-refractivity contribution in [2.24, 2.45) is 0 Å². The summed E-state index contributed by atoms with van der Waals surface area (Å²) in [5, 5.41) is 10.9. The number of furan rings is 1. The number of aryl methyl sites for hydroxylation is 1. The first-order valence-electron chi connectivity index (χ1n) is 23.2. The minimum absolute atomic E-state index is 0.0288. The fourth-order valence-corrected chi connectivity index (χ4v) is 11.2. The van der Waals surface area contributed by atoms with Crippen LogP contribution in [0.5, 0.6) is 5.75 Å². The molecule has 14 rings (SSSR count). The number of benzene rings is 10. The molecule has 0 bridgehead atoms. The molecule has 3 aliphatic rings. The van der Waals surface area contributed by atoms with Gasteiger partial charge in [0.05, 0.1) is 5.39 Å². The molecule has 2 atom stereocenters. The lowest BCUT2D eigenvalue weighted by Crippen LogP contribution is -2.15. The molecule has 10 aromatic carbocycles. The van der Waals surface area contributed by atoms with Crippen LogP contribution >= 0.6 is 0 Å². The molecule has 0 N–H and O–H groups in total. The van der Waals surface area contributed by atoms with Crippen LogP contribution in [0.4, 0.5) is 0 Å². The van der Waals surface area contributed by atoms with Gasteiger partial charge in [0.25, 0.3) is 0 Å². The normalized spacial score (nSPS) is 16.0. The highest BCUT2D eigenvalue weighted by atomic mass is 16.5. The van der Waals surface area contributed by atoms with E-state index in [9.17, 15) is 0 Å². The summed E-state index contributed by atoms with van der Waals surface area (Å²) >= 11 is 0. The number of hydrogen-bond acceptors (Lipinski definition) is 2. The molecule has 2 unspecified atom stereocenters. The summed E-state index contributed by atoms with van der Waals surface area (Å²) in [6.07, 6.45) is 15.1. The number of allylic oxidation sites excluding steroid dienone is 3. The topological polar surface area (TPSA) is 22.4 Å². The van der Waals surface area contributed by atoms with Gasteiger partial charge in [0.15, 0.2) is 0 Å². The smallest absolute Gasteiger partial charge is 0.146 e. The highest BCUT2D eigenvalue weighted by molar-refractivity contribution is 6.22. The Morgan fingerprint density at radius 2 is 1.02 bits per heavy atom. The van der Waals surface area contributed by atoms with Gasteiger partial charge in [0.1, 0.15) is 23.2 Å². The van der Waals surface area contributed by atoms with Gasteiger partial charge >= 0.3 is 0 Å². The van der Waals surface area contributed by atoms with Crippen LogP contribution in [0.3, 0.4) is 0 Å². The molecule has 0 fully saturated rings. The molecule has 1 aliphatic heterocycles. The molecule has 310 valence electrons. The second kappa shape index (κ2) is 14.7. The fraction of sp³-hybridized carbons (Fsp3) is 0.0625. The maximum Gasteiger partial charge on any atom is 0.146 e. The predicted molar refractivity (Wildman–Crippen MR) is 276 cm³/mol. The Hall–Kier alpha value is -8.20. The largest absolute Gasteiger partial charge is 0.484 e. The Kier molecular flexibility index (Phi) is 8.27. The third kappa shape index (κ3) is 5.81. The van der Waals surface area contributed by atoms with Crippen molar-refractivity contribution in [3.05, 3.63) is 229 Å². The second-order valence-corrected chi connectivity index (χ2v) is 18.1. The van der Waals surface area contributed by atoms with Crippen LogP contribution in [0.2, 0.25) is 0 Å². The molecular weight excluding hydrogens is 801 g/mol. The summed E-state index contributed by atoms with van der Waals surface area (Å²) in [4.78, 5) is 0. The van der Waals surface area contributed by atoms with Crippen molar-refractivity contribution in [3.8, 4) is 61.4 Å². The van der Waals surface area contributed by atoms with Gasteiger partial charge in [-0.15, -0.1) is 0 Å². The van der Waals surface area contributed by atoms with E-state index in [-0.39, 0.29) is 12.0 Å². The van der Waals surface area contributed by atoms with Crippen LogP contribution in [-0.4, -0.2) is 6.10 Å². The van der Waals surface area contributed by atoms with E-state index in [0.717, 1.165) is 52.0 Å². The van der Waals surface area contributed by atoms with Crippen molar-refractivity contribution in [1.82, 2.24) is 0 Å². The van der Waals surface area contributed by atoms with Crippen molar-refractivity contribution >= 4 is 60.1 Å². The van der Waals surface area contributed by atoms with Crippen molar-refractivity contribution in [3.63, 3.8) is 0 Å². The zero-order valence-electron chi connectivity index (χ0n) is 36.2. The summed E-state index contributed by atoms with van der Waals surface area (Å²) in [5.41, 5.74) is 15.1. The van der Waals surface area contributed by atoms with Crippen LogP contribution in [0.1, 0.15) is 29.2 Å². The first-order valence-corrected chi connectivity index (χ1v) is 23.2. The maximum atomic E-state index is 6.95. The Labute approximate surface area is 383 Å². The molecule has 11 aromatic rings. The zero-order chi connectivity index (χ0) is 43.3. The molecule has 0 spiro atoms. The van der Waals surface area contributed by atoms with Crippen LogP contribution in [-0.2, 0) is 6.42 Å². The third-order valence-corrected chi connectivity index (χ3v) is 14.4. The number of hydrogen-bond donors (Lipinski definition) is 0. The maximum absolute atomic E-state index is 6.95. The van der Waals surface area contributed by atoms with Gasteiger partial charge in [-0.05, 0) is 142 Å². The highest BCUT2D eigenvalue weighted by Gasteiger charge is 2.37. The zero-order valence-corrected chi connectivity index (χ0v) is 36.2. The second-order valence-electron chi connectivity index (χ2n) is 18.1. The van der Waals surface area contributed by atoms with E-state index in [1.165, 1.54) is 93.2 Å². The van der Waals surface area contributed by atoms with Crippen LogP contribution < -0.4 is 4.74 Å². The third-order valence-electron chi connectivity index (χ3n) is 14.4. The molecule has 2 heterocycles. The summed E-state index contributed by atoms with van der Waals surface area (Å²) in [6.45, 7) is 0. The van der Waals surface area contributed by atoms with Crippen molar-refractivity contribution < 1.29 is 9.15 Å². The molecule has 2 aliphatic carbocycles. The van der Waals surface area contributed by atoms with Gasteiger partial charge < -0.3 is 9.15 Å². The monoisotopic (exact) mass is 842 g/mol. The van der Waals surface area contributed by atoms with Crippen LogP contribution in [0.15, 0.2) is 217 Å². The fourth-order valence-electron chi connectivity index (χ4n) is 11.2. The average Bonchev–Trinajstić information content (AvgIpc) is 3.96. The van der Waals surface area contributed by atoms with E-state index < -0.39 is 0 Å². The van der Waals surface area contributed by atoms with Crippen molar-refractivity contribution in [2.45, 2.75) is 24.9 Å². The first-order chi connectivity index (χ1) is 32.7. The van der Waals surface area contributed by atoms with Gasteiger partial charge in [-0.25, -0.2) is 0 Å². The molecule has 0 radical (unpaired) electrons. The SMILES string of the molecule is C1=CC2Oc3c(cc(-c4ccc5c(-c6cccc(-c7ccc8ccccc8c7)c6)c6ccccc6c(-c6cccc(-c7ccc8ccccc8c7)c6)c5c4)c4oc5c(c34)C=CCC5)C2C=C1. The van der Waals surface area contributed by atoms with Gasteiger partial charge in [-0.3, -0.25) is 0 Å². The summed E-state index contributed by atoms with van der Waals surface area (Å²) in [6, 6.07) is 67.6. The minimum atomic E-state index is -0.0288. The Bertz CT molecular complexity index is 3930. The van der Waals surface area contributed by atoms with E-state index >= 15 is 0 Å². The molecule has 1 aromatic heterocycles. The molecule has 0 amide bonds. The standard InChI is InChI=1S/C64H42O2/c1-3-15-41-33-45(29-27-39(41)13-1)43-17-11-19-48(35-43)60-51-22-5-6-23-52(51)61(49-20-12-18-44(36-49)46-30-28-40-14-2-4-16-42(40)34-46)56-37-47(31-32-53(56)60)55-38-57-50-21-7-9-25-58(50)65-64(57)62-54-24-8-10-26-59(54)66-63(55)62/h1-9,11-25,27-38,50,58H,10,26H2. The summed E-state index contributed by atoms with van der Waals surface area (Å²) in [7, 11) is 0. The lowest BCUT2D eigenvalue weighted by Gasteiger charge is -2.20. The average molecular weight is 843 g/mol. The number of fused-ring (bicyclic) bond motifs is 11. The Morgan fingerprint density at radius 3 is 1.71 bits per heavy atom. The molecule has 66 heavy (non-hydrogen) atoms. The lowest BCUT2D eigenvalue weighted by atomic mass is 9.83. The highest BCUT2D eigenvalue weighted by Crippen LogP contribution is 2.53. The molecular formula is C64H42O2. The van der Waals surface area contributed by atoms with E-state index in [1.807, 2.05) is 0 Å². The van der Waals surface area contributed by atoms with E-state index in [4.69, 9.17) is 9.15 Å². The van der Waals surface area contributed by atoms with Crippen LogP contribution in [0, 0.1) is 0 Å². The number of rotatable bonds is 5. The molecule has 0 saturated carbocycles. The van der Waals surface area contributed by atoms with Crippen molar-refractivity contribution in [2.75, 3.05) is 0 Å². The van der Waals surface area contributed by atoms with Crippen LogP contribution in [0.25, 0.3) is 116 Å². The van der Waals surface area contributed by atoms with Gasteiger partial charge in [-0.2, -0.15) is 0 Å². The molecule has 2 heteroatoms. The Balaban J connectivity index is 1.03. The molecule has 0 saturated heterocycles. The van der Waals surface area contributed by atoms with Gasteiger partial charge in [-0.1, -0.05) is 176 Å². The first kappa shape index (κ1) is 37.2. The predicted octanol–water partition coefficient (Wildman–Crippen LogP) is 17.3. The number of ether oxygens (including phenoxy) is 1. The summed E-state index contributed by atoms with van der Waals surface area (Å²) < 4.78 is 13.8. The Morgan fingerprint density at radius 1 is 0.439 bits per heavy atom. The quantitative estimate of drug-likeness (QED) is 0.161.